The van der Waals surface area contributed by atoms with Gasteiger partial charge in [-0.1, -0.05) is 30.2 Å². The summed E-state index contributed by atoms with van der Waals surface area (Å²) in [6.45, 7) is 1.96. The molecule has 0 unspecified atom stereocenters. The minimum atomic E-state index is 0.179. The van der Waals surface area contributed by atoms with Crippen LogP contribution in [0.3, 0.4) is 0 Å². The van der Waals surface area contributed by atoms with Gasteiger partial charge in [0.15, 0.2) is 5.78 Å². The van der Waals surface area contributed by atoms with Crippen molar-refractivity contribution in [3.05, 3.63) is 34.9 Å². The molecule has 0 bridgehead atoms. The van der Waals surface area contributed by atoms with Crippen molar-refractivity contribution in [2.75, 3.05) is 20.1 Å². The van der Waals surface area contributed by atoms with Gasteiger partial charge in [0.05, 0.1) is 0 Å². The van der Waals surface area contributed by atoms with E-state index >= 15 is 0 Å². The Labute approximate surface area is 114 Å². The summed E-state index contributed by atoms with van der Waals surface area (Å²) in [6, 6.07) is 7.20. The Bertz CT molecular complexity index is 415. The highest BCUT2D eigenvalue weighted by Crippen LogP contribution is 2.26. The third kappa shape index (κ3) is 3.82. The summed E-state index contributed by atoms with van der Waals surface area (Å²) in [5.41, 5.74) is 0.722. The van der Waals surface area contributed by atoms with Gasteiger partial charge in [0.25, 0.3) is 0 Å². The van der Waals surface area contributed by atoms with Gasteiger partial charge in [-0.15, -0.1) is 0 Å². The Kier molecular flexibility index (Phi) is 4.79. The fraction of sp³-hybridized carbons (Fsp3) is 0.533. The molecule has 0 amide bonds. The number of Topliss-reactive ketones (excluding diaryl/α,β-unsaturated/α-hetero) is 1. The Balaban J connectivity index is 1.76. The number of rotatable bonds is 6. The van der Waals surface area contributed by atoms with Crippen LogP contribution in [0.4, 0.5) is 0 Å². The number of halogens is 1. The molecule has 2 nitrogen and oxygen atoms in total. The summed E-state index contributed by atoms with van der Waals surface area (Å²) in [5, 5.41) is 0.628. The molecule has 0 N–H and O–H groups in total. The van der Waals surface area contributed by atoms with Crippen LogP contribution in [0.25, 0.3) is 0 Å². The molecule has 3 heteroatoms. The normalized spacial score (nSPS) is 15.7. The zero-order valence-electron chi connectivity index (χ0n) is 10.9. The van der Waals surface area contributed by atoms with Crippen LogP contribution in [0, 0.1) is 5.92 Å². The highest BCUT2D eigenvalue weighted by atomic mass is 35.5. The first-order valence-electron chi connectivity index (χ1n) is 6.62. The summed E-state index contributed by atoms with van der Waals surface area (Å²) in [7, 11) is 2.10. The van der Waals surface area contributed by atoms with E-state index in [1.807, 2.05) is 12.1 Å². The van der Waals surface area contributed by atoms with Crippen molar-refractivity contribution < 1.29 is 4.79 Å². The average Bonchev–Trinajstić information content (AvgIpc) is 2.31. The van der Waals surface area contributed by atoms with Crippen molar-refractivity contribution in [1.29, 1.82) is 0 Å². The molecule has 0 radical (unpaired) electrons. The van der Waals surface area contributed by atoms with Crippen LogP contribution in [-0.4, -0.2) is 30.8 Å². The molecule has 1 aliphatic carbocycles. The van der Waals surface area contributed by atoms with Crippen LogP contribution in [0.15, 0.2) is 24.3 Å². The topological polar surface area (TPSA) is 20.3 Å². The van der Waals surface area contributed by atoms with Crippen molar-refractivity contribution in [1.82, 2.24) is 4.90 Å². The fourth-order valence-electron chi connectivity index (χ4n) is 2.31. The summed E-state index contributed by atoms with van der Waals surface area (Å²) < 4.78 is 0. The zero-order chi connectivity index (χ0) is 13.0. The maximum absolute atomic E-state index is 12.0. The van der Waals surface area contributed by atoms with Gasteiger partial charge >= 0.3 is 0 Å². The second-order valence-corrected chi connectivity index (χ2v) is 5.68. The largest absolute Gasteiger partial charge is 0.306 e. The number of nitrogens with zero attached hydrogens (tertiary/aromatic N) is 1. The minimum Gasteiger partial charge on any atom is -0.306 e. The van der Waals surface area contributed by atoms with Gasteiger partial charge in [0, 0.05) is 30.1 Å². The van der Waals surface area contributed by atoms with Crippen molar-refractivity contribution in [2.24, 2.45) is 5.92 Å². The van der Waals surface area contributed by atoms with E-state index in [2.05, 4.69) is 11.9 Å². The van der Waals surface area contributed by atoms with Gasteiger partial charge in [0.2, 0.25) is 0 Å². The van der Waals surface area contributed by atoms with E-state index in [9.17, 15) is 4.79 Å². The Morgan fingerprint density at radius 2 is 2.22 bits per heavy atom. The molecule has 1 aromatic carbocycles. The van der Waals surface area contributed by atoms with E-state index in [1.54, 1.807) is 12.1 Å². The summed E-state index contributed by atoms with van der Waals surface area (Å²) in [5.74, 6) is 1.04. The van der Waals surface area contributed by atoms with E-state index in [4.69, 9.17) is 11.6 Å². The Morgan fingerprint density at radius 1 is 1.44 bits per heavy atom. The van der Waals surface area contributed by atoms with Gasteiger partial charge in [-0.3, -0.25) is 4.79 Å². The van der Waals surface area contributed by atoms with Gasteiger partial charge in [-0.25, -0.2) is 0 Å². The van der Waals surface area contributed by atoms with Crippen molar-refractivity contribution >= 4 is 17.4 Å². The van der Waals surface area contributed by atoms with Crippen molar-refractivity contribution in [3.63, 3.8) is 0 Å². The standard InChI is InChI=1S/C15H20ClNO/c1-17(11-12-4-2-5-12)9-8-15(18)13-6-3-7-14(16)10-13/h3,6-7,10,12H,2,4-5,8-9,11H2,1H3. The van der Waals surface area contributed by atoms with Crippen molar-refractivity contribution in [3.8, 4) is 0 Å². The number of ketones is 1. The molecule has 1 aliphatic rings. The molecule has 1 fully saturated rings. The fourth-order valence-corrected chi connectivity index (χ4v) is 2.50. The van der Waals surface area contributed by atoms with E-state index < -0.39 is 0 Å². The molecule has 0 spiro atoms. The molecule has 1 saturated carbocycles. The first-order chi connectivity index (χ1) is 8.65. The maximum Gasteiger partial charge on any atom is 0.164 e. The molecular formula is C15H20ClNO. The Morgan fingerprint density at radius 3 is 2.83 bits per heavy atom. The average molecular weight is 266 g/mol. The summed E-state index contributed by atoms with van der Waals surface area (Å²) in [4.78, 5) is 14.3. The van der Waals surface area contributed by atoms with Crippen molar-refractivity contribution in [2.45, 2.75) is 25.7 Å². The number of hydrogen-bond acceptors (Lipinski definition) is 2. The predicted molar refractivity (Wildman–Crippen MR) is 75.2 cm³/mol. The number of carbonyl (C=O) groups excluding carboxylic acids is 1. The molecule has 0 saturated heterocycles. The van der Waals surface area contributed by atoms with Gasteiger partial charge in [0.1, 0.15) is 0 Å². The monoisotopic (exact) mass is 265 g/mol. The molecule has 98 valence electrons. The van der Waals surface area contributed by atoms with Gasteiger partial charge in [-0.05, 0) is 37.9 Å². The van der Waals surface area contributed by atoms with Crippen LogP contribution in [-0.2, 0) is 0 Å². The molecule has 0 aliphatic heterocycles. The third-order valence-electron chi connectivity index (χ3n) is 3.66. The minimum absolute atomic E-state index is 0.179. The second-order valence-electron chi connectivity index (χ2n) is 5.24. The molecule has 0 heterocycles. The SMILES string of the molecule is CN(CCC(=O)c1cccc(Cl)c1)CC1CCC1. The van der Waals surface area contributed by atoms with Crippen LogP contribution >= 0.6 is 11.6 Å². The molecule has 0 aromatic heterocycles. The van der Waals surface area contributed by atoms with Crippen LogP contribution in [0.5, 0.6) is 0 Å². The highest BCUT2D eigenvalue weighted by Gasteiger charge is 2.19. The number of benzene rings is 1. The lowest BCUT2D eigenvalue weighted by Gasteiger charge is -2.29. The smallest absolute Gasteiger partial charge is 0.164 e. The first-order valence-corrected chi connectivity index (χ1v) is 7.00. The van der Waals surface area contributed by atoms with Gasteiger partial charge in [-0.2, -0.15) is 0 Å². The molecule has 18 heavy (non-hydrogen) atoms. The van der Waals surface area contributed by atoms with Crippen LogP contribution in [0.1, 0.15) is 36.0 Å². The third-order valence-corrected chi connectivity index (χ3v) is 3.90. The molecule has 2 rings (SSSR count). The van der Waals surface area contributed by atoms with E-state index in [1.165, 1.54) is 19.3 Å². The molecule has 1 aromatic rings. The molecular weight excluding hydrogens is 246 g/mol. The van der Waals surface area contributed by atoms with Crippen LogP contribution in [0.2, 0.25) is 5.02 Å². The van der Waals surface area contributed by atoms with E-state index in [0.717, 1.165) is 24.6 Å². The van der Waals surface area contributed by atoms with E-state index in [-0.39, 0.29) is 5.78 Å². The van der Waals surface area contributed by atoms with E-state index in [0.29, 0.717) is 11.4 Å². The van der Waals surface area contributed by atoms with Crippen LogP contribution < -0.4 is 0 Å². The quantitative estimate of drug-likeness (QED) is 0.732. The number of carbonyl (C=O) groups is 1. The lowest BCUT2D eigenvalue weighted by atomic mass is 9.85. The summed E-state index contributed by atoms with van der Waals surface area (Å²) in [6.07, 6.45) is 4.66. The van der Waals surface area contributed by atoms with Gasteiger partial charge < -0.3 is 4.90 Å². The Hall–Kier alpha value is -0.860. The predicted octanol–water partition coefficient (Wildman–Crippen LogP) is 3.64. The zero-order valence-corrected chi connectivity index (χ0v) is 11.6. The lowest BCUT2D eigenvalue weighted by Crippen LogP contribution is -2.31. The lowest BCUT2D eigenvalue weighted by molar-refractivity contribution is 0.0961. The summed E-state index contributed by atoms with van der Waals surface area (Å²) >= 11 is 5.88. The highest BCUT2D eigenvalue weighted by molar-refractivity contribution is 6.31. The number of hydrogen-bond donors (Lipinski definition) is 0. The second kappa shape index (κ2) is 6.35. The maximum atomic E-state index is 12.0. The molecule has 0 atom stereocenters. The first kappa shape index (κ1) is 13.6.